The molecule has 0 aliphatic rings. The van der Waals surface area contributed by atoms with E-state index < -0.39 is 12.0 Å². The van der Waals surface area contributed by atoms with Crippen molar-refractivity contribution in [2.45, 2.75) is 32.9 Å². The van der Waals surface area contributed by atoms with Gasteiger partial charge in [-0.3, -0.25) is 14.7 Å². The standard InChI is InChI=1S/C12H17BrN2O2/c1-4-11(12(16)17)15(3)7-10-8(2)5-9(13)6-14-10/h5-6,11H,4,7H2,1-3H3,(H,16,17)/t11-/m1/s1. The summed E-state index contributed by atoms with van der Waals surface area (Å²) >= 11 is 3.36. The summed E-state index contributed by atoms with van der Waals surface area (Å²) < 4.78 is 0.937. The minimum atomic E-state index is -0.787. The number of likely N-dealkylation sites (N-methyl/N-ethyl adjacent to an activating group) is 1. The molecule has 1 N–H and O–H groups in total. The molecule has 17 heavy (non-hydrogen) atoms. The number of aliphatic carboxylic acids is 1. The molecular weight excluding hydrogens is 284 g/mol. The van der Waals surface area contributed by atoms with E-state index in [1.54, 1.807) is 6.20 Å². The molecule has 0 saturated heterocycles. The van der Waals surface area contributed by atoms with Gasteiger partial charge < -0.3 is 5.11 Å². The van der Waals surface area contributed by atoms with Crippen molar-refractivity contribution in [1.82, 2.24) is 9.88 Å². The van der Waals surface area contributed by atoms with Gasteiger partial charge in [0.1, 0.15) is 6.04 Å². The first-order valence-electron chi connectivity index (χ1n) is 5.49. The minimum Gasteiger partial charge on any atom is -0.480 e. The Kier molecular flexibility index (Phi) is 5.08. The van der Waals surface area contributed by atoms with Crippen LogP contribution in [0.15, 0.2) is 16.7 Å². The second-order valence-corrected chi connectivity index (χ2v) is 5.01. The van der Waals surface area contributed by atoms with Crippen molar-refractivity contribution >= 4 is 21.9 Å². The van der Waals surface area contributed by atoms with E-state index in [1.807, 2.05) is 31.9 Å². The van der Waals surface area contributed by atoms with Crippen LogP contribution in [0.4, 0.5) is 0 Å². The third-order valence-electron chi connectivity index (χ3n) is 2.76. The zero-order chi connectivity index (χ0) is 13.0. The van der Waals surface area contributed by atoms with Crippen molar-refractivity contribution < 1.29 is 9.90 Å². The largest absolute Gasteiger partial charge is 0.480 e. The molecule has 5 heteroatoms. The zero-order valence-corrected chi connectivity index (χ0v) is 11.9. The van der Waals surface area contributed by atoms with Gasteiger partial charge in [0.15, 0.2) is 0 Å². The van der Waals surface area contributed by atoms with Crippen LogP contribution in [0.2, 0.25) is 0 Å². The first kappa shape index (κ1) is 14.1. The summed E-state index contributed by atoms with van der Waals surface area (Å²) in [4.78, 5) is 17.2. The molecular formula is C12H17BrN2O2. The van der Waals surface area contributed by atoms with Gasteiger partial charge >= 0.3 is 5.97 Å². The van der Waals surface area contributed by atoms with E-state index in [9.17, 15) is 4.79 Å². The Bertz CT molecular complexity index is 409. The molecule has 1 aromatic heterocycles. The van der Waals surface area contributed by atoms with Gasteiger partial charge in [-0.2, -0.15) is 0 Å². The van der Waals surface area contributed by atoms with Crippen LogP contribution < -0.4 is 0 Å². The molecule has 0 aliphatic carbocycles. The van der Waals surface area contributed by atoms with Gasteiger partial charge in [0.25, 0.3) is 0 Å². The molecule has 0 aliphatic heterocycles. The van der Waals surface area contributed by atoms with E-state index in [2.05, 4.69) is 20.9 Å². The highest BCUT2D eigenvalue weighted by atomic mass is 79.9. The van der Waals surface area contributed by atoms with E-state index >= 15 is 0 Å². The van der Waals surface area contributed by atoms with Crippen LogP contribution in [0.1, 0.15) is 24.6 Å². The number of aromatic nitrogens is 1. The van der Waals surface area contributed by atoms with Crippen LogP contribution in [0.25, 0.3) is 0 Å². The number of hydrogen-bond donors (Lipinski definition) is 1. The summed E-state index contributed by atoms with van der Waals surface area (Å²) in [6, 6.07) is 1.53. The number of halogens is 1. The topological polar surface area (TPSA) is 53.4 Å². The Hall–Kier alpha value is -0.940. The van der Waals surface area contributed by atoms with Crippen molar-refractivity contribution in [1.29, 1.82) is 0 Å². The molecule has 0 radical (unpaired) electrons. The smallest absolute Gasteiger partial charge is 0.320 e. The van der Waals surface area contributed by atoms with Gasteiger partial charge in [-0.05, 0) is 48.0 Å². The average Bonchev–Trinajstić information content (AvgIpc) is 2.22. The van der Waals surface area contributed by atoms with Crippen LogP contribution in [0.3, 0.4) is 0 Å². The van der Waals surface area contributed by atoms with Crippen molar-refractivity contribution in [3.63, 3.8) is 0 Å². The normalized spacial score (nSPS) is 12.8. The number of carboxylic acids is 1. The molecule has 0 amide bonds. The maximum Gasteiger partial charge on any atom is 0.320 e. The van der Waals surface area contributed by atoms with E-state index in [0.717, 1.165) is 15.7 Å². The van der Waals surface area contributed by atoms with Crippen molar-refractivity contribution in [3.05, 3.63) is 28.0 Å². The fraction of sp³-hybridized carbons (Fsp3) is 0.500. The van der Waals surface area contributed by atoms with E-state index in [1.165, 1.54) is 0 Å². The number of nitrogens with zero attached hydrogens (tertiary/aromatic N) is 2. The predicted octanol–water partition coefficient (Wildman–Crippen LogP) is 2.45. The summed E-state index contributed by atoms with van der Waals surface area (Å²) in [7, 11) is 1.81. The molecule has 0 spiro atoms. The summed E-state index contributed by atoms with van der Waals surface area (Å²) in [5.74, 6) is -0.787. The zero-order valence-electron chi connectivity index (χ0n) is 10.3. The van der Waals surface area contributed by atoms with E-state index in [4.69, 9.17) is 5.11 Å². The average molecular weight is 301 g/mol. The SMILES string of the molecule is CC[C@H](C(=O)O)N(C)Cc1ncc(Br)cc1C. The minimum absolute atomic E-state index is 0.458. The molecule has 1 rings (SSSR count). The molecule has 1 atom stereocenters. The molecule has 1 heterocycles. The molecule has 0 fully saturated rings. The van der Waals surface area contributed by atoms with Gasteiger partial charge in [0.2, 0.25) is 0 Å². The number of carbonyl (C=O) groups is 1. The lowest BCUT2D eigenvalue weighted by Gasteiger charge is -2.23. The fourth-order valence-electron chi connectivity index (χ4n) is 1.76. The molecule has 0 bridgehead atoms. The highest BCUT2D eigenvalue weighted by Gasteiger charge is 2.21. The quantitative estimate of drug-likeness (QED) is 0.907. The van der Waals surface area contributed by atoms with Crippen LogP contribution >= 0.6 is 15.9 Å². The first-order chi connectivity index (χ1) is 7.95. The maximum absolute atomic E-state index is 11.0. The summed E-state index contributed by atoms with van der Waals surface area (Å²) in [6.07, 6.45) is 2.32. The molecule has 0 aromatic carbocycles. The molecule has 94 valence electrons. The molecule has 0 unspecified atom stereocenters. The van der Waals surface area contributed by atoms with Crippen LogP contribution in [0, 0.1) is 6.92 Å². The Labute approximate surface area is 110 Å². The lowest BCUT2D eigenvalue weighted by atomic mass is 10.1. The van der Waals surface area contributed by atoms with Gasteiger partial charge in [0, 0.05) is 17.2 Å². The van der Waals surface area contributed by atoms with E-state index in [-0.39, 0.29) is 0 Å². The van der Waals surface area contributed by atoms with Crippen LogP contribution in [-0.4, -0.2) is 34.0 Å². The summed E-state index contributed by atoms with van der Waals surface area (Å²) in [5.41, 5.74) is 1.97. The fourth-order valence-corrected chi connectivity index (χ4v) is 2.20. The molecule has 0 saturated carbocycles. The lowest BCUT2D eigenvalue weighted by molar-refractivity contribution is -0.143. The predicted molar refractivity (Wildman–Crippen MR) is 69.9 cm³/mol. The van der Waals surface area contributed by atoms with Crippen LogP contribution in [-0.2, 0) is 11.3 Å². The number of pyridine rings is 1. The van der Waals surface area contributed by atoms with Gasteiger partial charge in [-0.1, -0.05) is 6.92 Å². The highest BCUT2D eigenvalue weighted by Crippen LogP contribution is 2.15. The van der Waals surface area contributed by atoms with Gasteiger partial charge in [-0.25, -0.2) is 0 Å². The number of aryl methyl sites for hydroxylation is 1. The Morgan fingerprint density at radius 1 is 1.65 bits per heavy atom. The Morgan fingerprint density at radius 3 is 2.76 bits per heavy atom. The highest BCUT2D eigenvalue weighted by molar-refractivity contribution is 9.10. The summed E-state index contributed by atoms with van der Waals surface area (Å²) in [6.45, 7) is 4.39. The Balaban J connectivity index is 2.79. The third-order valence-corrected chi connectivity index (χ3v) is 3.19. The number of hydrogen-bond acceptors (Lipinski definition) is 3. The Morgan fingerprint density at radius 2 is 2.29 bits per heavy atom. The second-order valence-electron chi connectivity index (χ2n) is 4.09. The number of rotatable bonds is 5. The second kappa shape index (κ2) is 6.12. The van der Waals surface area contributed by atoms with Crippen LogP contribution in [0.5, 0.6) is 0 Å². The van der Waals surface area contributed by atoms with Crippen molar-refractivity contribution in [2.75, 3.05) is 7.05 Å². The van der Waals surface area contributed by atoms with Gasteiger partial charge in [-0.15, -0.1) is 0 Å². The van der Waals surface area contributed by atoms with Crippen molar-refractivity contribution in [2.24, 2.45) is 0 Å². The third kappa shape index (κ3) is 3.78. The molecule has 1 aromatic rings. The monoisotopic (exact) mass is 300 g/mol. The first-order valence-corrected chi connectivity index (χ1v) is 6.29. The summed E-state index contributed by atoms with van der Waals surface area (Å²) in [5, 5.41) is 9.07. The van der Waals surface area contributed by atoms with E-state index in [0.29, 0.717) is 13.0 Å². The number of carboxylic acid groups (broad SMARTS) is 1. The lowest BCUT2D eigenvalue weighted by Crippen LogP contribution is -2.37. The van der Waals surface area contributed by atoms with Crippen molar-refractivity contribution in [3.8, 4) is 0 Å². The van der Waals surface area contributed by atoms with Gasteiger partial charge in [0.05, 0.1) is 5.69 Å². The molecule has 4 nitrogen and oxygen atoms in total. The maximum atomic E-state index is 11.0.